The minimum Gasteiger partial charge on any atom is -0.352 e. The number of amides is 1. The summed E-state index contributed by atoms with van der Waals surface area (Å²) in [5.74, 6) is -0.367. The molecule has 1 aromatic carbocycles. The molecule has 1 aromatic heterocycles. The van der Waals surface area contributed by atoms with E-state index in [2.05, 4.69) is 10.3 Å². The van der Waals surface area contributed by atoms with Crippen LogP contribution in [0, 0.1) is 6.92 Å². The third-order valence-electron chi connectivity index (χ3n) is 4.69. The van der Waals surface area contributed by atoms with E-state index in [9.17, 15) is 22.8 Å². The summed E-state index contributed by atoms with van der Waals surface area (Å²) in [5, 5.41) is 2.82. The van der Waals surface area contributed by atoms with Gasteiger partial charge in [0.05, 0.1) is 4.90 Å². The number of rotatable bonds is 5. The van der Waals surface area contributed by atoms with E-state index in [1.54, 1.807) is 24.3 Å². The molecule has 2 N–H and O–H groups in total. The molecular weight excluding hydrogens is 384 g/mol. The van der Waals surface area contributed by atoms with Crippen LogP contribution in [0.3, 0.4) is 0 Å². The number of nitrogens with one attached hydrogen (secondary N) is 2. The molecule has 0 saturated carbocycles. The Kier molecular flexibility index (Phi) is 5.80. The molecule has 1 saturated heterocycles. The summed E-state index contributed by atoms with van der Waals surface area (Å²) in [6.07, 6.45) is 2.23. The van der Waals surface area contributed by atoms with Gasteiger partial charge >= 0.3 is 5.69 Å². The fourth-order valence-electron chi connectivity index (χ4n) is 3.10. The second-order valence-electron chi connectivity index (χ2n) is 6.80. The predicted octanol–water partition coefficient (Wildman–Crippen LogP) is -0.185. The molecule has 0 aliphatic carbocycles. The summed E-state index contributed by atoms with van der Waals surface area (Å²) >= 11 is 0. The van der Waals surface area contributed by atoms with Crippen molar-refractivity contribution in [3.63, 3.8) is 0 Å². The zero-order valence-corrected chi connectivity index (χ0v) is 16.2. The van der Waals surface area contributed by atoms with Crippen molar-refractivity contribution in [3.8, 4) is 0 Å². The Balaban J connectivity index is 1.56. The van der Waals surface area contributed by atoms with Crippen LogP contribution in [-0.2, 0) is 21.4 Å². The number of benzene rings is 1. The Morgan fingerprint density at radius 1 is 1.14 bits per heavy atom. The number of hydrogen-bond acceptors (Lipinski definition) is 5. The maximum atomic E-state index is 12.7. The van der Waals surface area contributed by atoms with Crippen LogP contribution in [0.1, 0.15) is 18.4 Å². The van der Waals surface area contributed by atoms with Crippen molar-refractivity contribution in [2.45, 2.75) is 37.2 Å². The molecule has 28 heavy (non-hydrogen) atoms. The molecule has 1 aliphatic heterocycles. The van der Waals surface area contributed by atoms with Gasteiger partial charge in [0.15, 0.2) is 0 Å². The number of carbonyl (C=O) groups excluding carboxylic acids is 1. The quantitative estimate of drug-likeness (QED) is 0.713. The van der Waals surface area contributed by atoms with E-state index in [-0.39, 0.29) is 23.4 Å². The molecule has 0 spiro atoms. The lowest BCUT2D eigenvalue weighted by Crippen LogP contribution is -2.47. The molecule has 1 aliphatic rings. The van der Waals surface area contributed by atoms with Crippen molar-refractivity contribution < 1.29 is 13.2 Å². The van der Waals surface area contributed by atoms with E-state index in [1.807, 2.05) is 6.92 Å². The Hall–Kier alpha value is -2.72. The molecule has 10 heteroatoms. The van der Waals surface area contributed by atoms with Crippen LogP contribution in [0.4, 0.5) is 0 Å². The third-order valence-corrected chi connectivity index (χ3v) is 6.60. The largest absolute Gasteiger partial charge is 0.352 e. The standard InChI is InChI=1S/C18H22N4O5S/c1-13-2-4-15(5-3-13)28(26,27)22-10-6-14(7-11-22)19-17(24)12-21-9-8-16(23)20-18(21)25/h2-5,8-9,14H,6-7,10-12H2,1H3,(H,19,24)(H,20,23,25). The first-order chi connectivity index (χ1) is 13.3. The Bertz CT molecular complexity index is 1060. The number of aryl methyl sites for hydroxylation is 1. The fraction of sp³-hybridized carbons (Fsp3) is 0.389. The van der Waals surface area contributed by atoms with Gasteiger partial charge in [0.1, 0.15) is 6.54 Å². The lowest BCUT2D eigenvalue weighted by molar-refractivity contribution is -0.122. The molecule has 1 amide bonds. The molecule has 150 valence electrons. The van der Waals surface area contributed by atoms with E-state index >= 15 is 0 Å². The van der Waals surface area contributed by atoms with Gasteiger partial charge < -0.3 is 5.32 Å². The summed E-state index contributed by atoms with van der Waals surface area (Å²) in [6, 6.07) is 7.72. The number of hydrogen-bond donors (Lipinski definition) is 2. The molecule has 2 heterocycles. The van der Waals surface area contributed by atoms with Gasteiger partial charge in [-0.25, -0.2) is 13.2 Å². The van der Waals surface area contributed by atoms with Crippen LogP contribution in [0.5, 0.6) is 0 Å². The SMILES string of the molecule is Cc1ccc(S(=O)(=O)N2CCC(NC(=O)Cn3ccc(=O)[nH]c3=O)CC2)cc1. The van der Waals surface area contributed by atoms with Gasteiger partial charge in [-0.2, -0.15) is 4.31 Å². The molecular formula is C18H22N4O5S. The molecule has 3 rings (SSSR count). The van der Waals surface area contributed by atoms with E-state index < -0.39 is 21.3 Å². The first-order valence-corrected chi connectivity index (χ1v) is 10.4. The Morgan fingerprint density at radius 3 is 2.39 bits per heavy atom. The van der Waals surface area contributed by atoms with Gasteiger partial charge in [0.25, 0.3) is 5.56 Å². The molecule has 2 aromatic rings. The Labute approximate surface area is 162 Å². The first kappa shape index (κ1) is 20.0. The summed E-state index contributed by atoms with van der Waals surface area (Å²) in [6.45, 7) is 2.29. The lowest BCUT2D eigenvalue weighted by atomic mass is 10.1. The average molecular weight is 406 g/mol. The number of piperidine rings is 1. The molecule has 9 nitrogen and oxygen atoms in total. The smallest absolute Gasteiger partial charge is 0.328 e. The maximum absolute atomic E-state index is 12.7. The second kappa shape index (κ2) is 8.11. The highest BCUT2D eigenvalue weighted by molar-refractivity contribution is 7.89. The monoisotopic (exact) mass is 406 g/mol. The van der Waals surface area contributed by atoms with Crippen LogP contribution in [-0.4, -0.2) is 47.3 Å². The van der Waals surface area contributed by atoms with Crippen molar-refractivity contribution in [1.82, 2.24) is 19.2 Å². The first-order valence-electron chi connectivity index (χ1n) is 8.91. The van der Waals surface area contributed by atoms with Crippen molar-refractivity contribution in [1.29, 1.82) is 0 Å². The zero-order chi connectivity index (χ0) is 20.3. The highest BCUT2D eigenvalue weighted by Gasteiger charge is 2.29. The normalized spacial score (nSPS) is 16.0. The van der Waals surface area contributed by atoms with Gasteiger partial charge in [0.2, 0.25) is 15.9 Å². The highest BCUT2D eigenvalue weighted by atomic mass is 32.2. The number of H-pyrrole nitrogens is 1. The number of aromatic nitrogens is 2. The Morgan fingerprint density at radius 2 is 1.79 bits per heavy atom. The summed E-state index contributed by atoms with van der Waals surface area (Å²) in [5.41, 5.74) is -0.188. The number of aromatic amines is 1. The van der Waals surface area contributed by atoms with Gasteiger partial charge in [-0.1, -0.05) is 17.7 Å². The molecule has 0 atom stereocenters. The highest BCUT2D eigenvalue weighted by Crippen LogP contribution is 2.21. The number of nitrogens with zero attached hydrogens (tertiary/aromatic N) is 2. The summed E-state index contributed by atoms with van der Waals surface area (Å²) < 4.78 is 27.9. The van der Waals surface area contributed by atoms with Gasteiger partial charge in [-0.05, 0) is 31.9 Å². The number of sulfonamides is 1. The van der Waals surface area contributed by atoms with Crippen LogP contribution < -0.4 is 16.6 Å². The minimum absolute atomic E-state index is 0.171. The topological polar surface area (TPSA) is 121 Å². The van der Waals surface area contributed by atoms with Crippen LogP contribution in [0.15, 0.2) is 51.0 Å². The number of carbonyl (C=O) groups is 1. The molecule has 1 fully saturated rings. The predicted molar refractivity (Wildman–Crippen MR) is 102 cm³/mol. The third kappa shape index (κ3) is 4.57. The maximum Gasteiger partial charge on any atom is 0.328 e. The second-order valence-corrected chi connectivity index (χ2v) is 8.73. The minimum atomic E-state index is -3.55. The zero-order valence-electron chi connectivity index (χ0n) is 15.4. The van der Waals surface area contributed by atoms with Crippen LogP contribution in [0.25, 0.3) is 0 Å². The molecule has 0 unspecified atom stereocenters. The summed E-state index contributed by atoms with van der Waals surface area (Å²) in [4.78, 5) is 37.2. The van der Waals surface area contributed by atoms with Crippen LogP contribution >= 0.6 is 0 Å². The van der Waals surface area contributed by atoms with Crippen molar-refractivity contribution in [2.75, 3.05) is 13.1 Å². The fourth-order valence-corrected chi connectivity index (χ4v) is 4.57. The van der Waals surface area contributed by atoms with E-state index in [4.69, 9.17) is 0 Å². The van der Waals surface area contributed by atoms with Gasteiger partial charge in [-0.15, -0.1) is 0 Å². The summed E-state index contributed by atoms with van der Waals surface area (Å²) in [7, 11) is -3.55. The molecule has 0 radical (unpaired) electrons. The van der Waals surface area contributed by atoms with Crippen molar-refractivity contribution in [2.24, 2.45) is 0 Å². The van der Waals surface area contributed by atoms with Gasteiger partial charge in [-0.3, -0.25) is 19.1 Å². The van der Waals surface area contributed by atoms with Crippen molar-refractivity contribution >= 4 is 15.9 Å². The molecule has 0 bridgehead atoms. The van der Waals surface area contributed by atoms with E-state index in [0.29, 0.717) is 25.9 Å². The van der Waals surface area contributed by atoms with E-state index in [1.165, 1.54) is 16.6 Å². The van der Waals surface area contributed by atoms with Crippen molar-refractivity contribution in [3.05, 3.63) is 62.9 Å². The van der Waals surface area contributed by atoms with E-state index in [0.717, 1.165) is 10.1 Å². The lowest BCUT2D eigenvalue weighted by Gasteiger charge is -2.31. The average Bonchev–Trinajstić information content (AvgIpc) is 2.65. The van der Waals surface area contributed by atoms with Gasteiger partial charge in [0, 0.05) is 31.4 Å². The van der Waals surface area contributed by atoms with Crippen LogP contribution in [0.2, 0.25) is 0 Å².